The highest BCUT2D eigenvalue weighted by atomic mass is 32.2. The van der Waals surface area contributed by atoms with Crippen molar-refractivity contribution in [3.63, 3.8) is 0 Å². The maximum absolute atomic E-state index is 14.7. The predicted octanol–water partition coefficient (Wildman–Crippen LogP) is 4.00. The lowest BCUT2D eigenvalue weighted by Crippen LogP contribution is -2.33. The van der Waals surface area contributed by atoms with Crippen LogP contribution in [-0.4, -0.2) is 46.0 Å². The van der Waals surface area contributed by atoms with Gasteiger partial charge in [-0.1, -0.05) is 0 Å². The molecule has 0 spiro atoms. The topological polar surface area (TPSA) is 94.4 Å². The normalized spacial score (nSPS) is 11.9. The van der Waals surface area contributed by atoms with E-state index in [0.717, 1.165) is 3.97 Å². The second-order valence-corrected chi connectivity index (χ2v) is 10.2. The fourth-order valence-corrected chi connectivity index (χ4v) is 4.34. The van der Waals surface area contributed by atoms with E-state index in [0.29, 0.717) is 11.3 Å². The SMILES string of the molecule is Cc1ccc(-c2cc(CN(C)C(=O)OC(C)(C)C)cn2S(=O)(=O)c2cccnc2)c(F)n1. The molecule has 3 aromatic heterocycles. The van der Waals surface area contributed by atoms with Gasteiger partial charge in [-0.3, -0.25) is 4.98 Å². The van der Waals surface area contributed by atoms with Gasteiger partial charge in [-0.05, 0) is 63.6 Å². The Kier molecular flexibility index (Phi) is 6.36. The number of rotatable bonds is 5. The number of carbonyl (C=O) groups is 1. The molecule has 0 aromatic carbocycles. The molecular formula is C22H25FN4O4S. The van der Waals surface area contributed by atoms with Crippen molar-refractivity contribution in [3.05, 3.63) is 66.1 Å². The highest BCUT2D eigenvalue weighted by Gasteiger charge is 2.26. The zero-order chi connectivity index (χ0) is 23.7. The molecule has 0 saturated heterocycles. The molecule has 0 unspecified atom stereocenters. The minimum absolute atomic E-state index is 0.0224. The number of carbonyl (C=O) groups excluding carboxylic acids is 1. The van der Waals surface area contributed by atoms with E-state index in [1.165, 1.54) is 54.8 Å². The molecule has 0 atom stereocenters. The van der Waals surface area contributed by atoms with Crippen molar-refractivity contribution in [2.75, 3.05) is 7.05 Å². The van der Waals surface area contributed by atoms with Crippen LogP contribution in [0.25, 0.3) is 11.3 Å². The van der Waals surface area contributed by atoms with E-state index >= 15 is 0 Å². The maximum Gasteiger partial charge on any atom is 0.410 e. The summed E-state index contributed by atoms with van der Waals surface area (Å²) in [6.07, 6.45) is 3.47. The summed E-state index contributed by atoms with van der Waals surface area (Å²) in [5, 5.41) is 0. The van der Waals surface area contributed by atoms with Crippen LogP contribution in [0.2, 0.25) is 0 Å². The number of aromatic nitrogens is 3. The molecule has 0 aliphatic rings. The van der Waals surface area contributed by atoms with Gasteiger partial charge in [0.1, 0.15) is 10.5 Å². The zero-order valence-corrected chi connectivity index (χ0v) is 19.4. The maximum atomic E-state index is 14.7. The standard InChI is InChI=1S/C22H25FN4O4S/c1-15-8-9-18(20(23)25-15)19-11-16(13-26(5)21(28)31-22(2,3)4)14-27(19)32(29,30)17-7-6-10-24-12-17/h6-12,14H,13H2,1-5H3. The smallest absolute Gasteiger partial charge is 0.410 e. The van der Waals surface area contributed by atoms with Gasteiger partial charge in [0.05, 0.1) is 17.8 Å². The third-order valence-electron chi connectivity index (χ3n) is 4.42. The molecule has 0 aliphatic heterocycles. The lowest BCUT2D eigenvalue weighted by Gasteiger charge is -2.24. The van der Waals surface area contributed by atoms with E-state index < -0.39 is 27.7 Å². The lowest BCUT2D eigenvalue weighted by atomic mass is 10.1. The third kappa shape index (κ3) is 5.13. The number of pyridine rings is 2. The van der Waals surface area contributed by atoms with Crippen LogP contribution in [-0.2, 0) is 21.3 Å². The van der Waals surface area contributed by atoms with Crippen LogP contribution in [0.1, 0.15) is 32.0 Å². The highest BCUT2D eigenvalue weighted by Crippen LogP contribution is 2.29. The number of halogens is 1. The van der Waals surface area contributed by atoms with Gasteiger partial charge in [-0.25, -0.2) is 22.2 Å². The van der Waals surface area contributed by atoms with Gasteiger partial charge in [0.15, 0.2) is 0 Å². The summed E-state index contributed by atoms with van der Waals surface area (Å²) in [4.78, 5) is 21.3. The molecule has 0 saturated carbocycles. The number of ether oxygens (including phenoxy) is 1. The molecule has 0 radical (unpaired) electrons. The van der Waals surface area contributed by atoms with Crippen LogP contribution in [0.5, 0.6) is 0 Å². The van der Waals surface area contributed by atoms with Gasteiger partial charge in [-0.2, -0.15) is 4.39 Å². The van der Waals surface area contributed by atoms with Crippen LogP contribution >= 0.6 is 0 Å². The largest absolute Gasteiger partial charge is 0.444 e. The van der Waals surface area contributed by atoms with Gasteiger partial charge >= 0.3 is 6.09 Å². The van der Waals surface area contributed by atoms with Gasteiger partial charge < -0.3 is 9.64 Å². The average molecular weight is 461 g/mol. The summed E-state index contributed by atoms with van der Waals surface area (Å²) in [6, 6.07) is 7.50. The molecule has 8 nitrogen and oxygen atoms in total. The van der Waals surface area contributed by atoms with Crippen LogP contribution < -0.4 is 0 Å². The predicted molar refractivity (Wildman–Crippen MR) is 117 cm³/mol. The zero-order valence-electron chi connectivity index (χ0n) is 18.5. The lowest BCUT2D eigenvalue weighted by molar-refractivity contribution is 0.0285. The Hall–Kier alpha value is -3.27. The minimum Gasteiger partial charge on any atom is -0.444 e. The van der Waals surface area contributed by atoms with E-state index in [1.807, 2.05) is 0 Å². The molecule has 32 heavy (non-hydrogen) atoms. The van der Waals surface area contributed by atoms with Crippen LogP contribution in [0.3, 0.4) is 0 Å². The van der Waals surface area contributed by atoms with Crippen LogP contribution in [0.4, 0.5) is 9.18 Å². The monoisotopic (exact) mass is 460 g/mol. The Labute approximate surface area is 186 Å². The molecule has 0 fully saturated rings. The molecule has 10 heteroatoms. The Balaban J connectivity index is 2.08. The summed E-state index contributed by atoms with van der Waals surface area (Å²) in [5.74, 6) is -0.794. The summed E-state index contributed by atoms with van der Waals surface area (Å²) >= 11 is 0. The van der Waals surface area contributed by atoms with Gasteiger partial charge in [0, 0.05) is 31.3 Å². The summed E-state index contributed by atoms with van der Waals surface area (Å²) in [7, 11) is -2.55. The fourth-order valence-electron chi connectivity index (χ4n) is 2.99. The Morgan fingerprint density at radius 2 is 1.97 bits per heavy atom. The van der Waals surface area contributed by atoms with Crippen molar-refractivity contribution in [3.8, 4) is 11.3 Å². The first-order valence-electron chi connectivity index (χ1n) is 9.83. The van der Waals surface area contributed by atoms with Crippen molar-refractivity contribution < 1.29 is 22.3 Å². The minimum atomic E-state index is -4.08. The molecule has 3 aromatic rings. The molecule has 0 bridgehead atoms. The Morgan fingerprint density at radius 1 is 1.25 bits per heavy atom. The first-order valence-corrected chi connectivity index (χ1v) is 11.3. The quantitative estimate of drug-likeness (QED) is 0.534. The van der Waals surface area contributed by atoms with E-state index in [1.54, 1.807) is 33.8 Å². The van der Waals surface area contributed by atoms with Gasteiger partial charge in [0.25, 0.3) is 10.0 Å². The molecule has 3 heterocycles. The van der Waals surface area contributed by atoms with Crippen molar-refractivity contribution in [1.82, 2.24) is 18.8 Å². The summed E-state index contributed by atoms with van der Waals surface area (Å²) < 4.78 is 47.6. The molecular weight excluding hydrogens is 435 g/mol. The van der Waals surface area contributed by atoms with Gasteiger partial charge in [-0.15, -0.1) is 0 Å². The number of hydrogen-bond donors (Lipinski definition) is 0. The van der Waals surface area contributed by atoms with Gasteiger partial charge in [0.2, 0.25) is 5.95 Å². The third-order valence-corrected chi connectivity index (χ3v) is 6.08. The van der Waals surface area contributed by atoms with Crippen molar-refractivity contribution >= 4 is 16.1 Å². The molecule has 0 aliphatic carbocycles. The second-order valence-electron chi connectivity index (χ2n) is 8.35. The summed E-state index contributed by atoms with van der Waals surface area (Å²) in [5.41, 5.74) is 0.369. The average Bonchev–Trinajstić information content (AvgIpc) is 3.11. The number of aryl methyl sites for hydroxylation is 1. The van der Waals surface area contributed by atoms with Crippen molar-refractivity contribution in [1.29, 1.82) is 0 Å². The molecule has 170 valence electrons. The van der Waals surface area contributed by atoms with Crippen LogP contribution in [0.15, 0.2) is 53.8 Å². The fraction of sp³-hybridized carbons (Fsp3) is 0.318. The van der Waals surface area contributed by atoms with E-state index in [2.05, 4.69) is 9.97 Å². The van der Waals surface area contributed by atoms with Crippen molar-refractivity contribution in [2.24, 2.45) is 0 Å². The molecule has 3 rings (SSSR count). The highest BCUT2D eigenvalue weighted by molar-refractivity contribution is 7.90. The first kappa shape index (κ1) is 23.4. The molecule has 0 N–H and O–H groups in total. The molecule has 1 amide bonds. The second kappa shape index (κ2) is 8.70. The number of nitrogens with zero attached hydrogens (tertiary/aromatic N) is 4. The first-order chi connectivity index (χ1) is 14.9. The number of amides is 1. The Bertz CT molecular complexity index is 1230. The Morgan fingerprint density at radius 3 is 2.56 bits per heavy atom. The van der Waals surface area contributed by atoms with E-state index in [-0.39, 0.29) is 22.7 Å². The summed E-state index contributed by atoms with van der Waals surface area (Å²) in [6.45, 7) is 6.95. The van der Waals surface area contributed by atoms with E-state index in [4.69, 9.17) is 4.74 Å². The van der Waals surface area contributed by atoms with Crippen LogP contribution in [0, 0.1) is 12.9 Å². The van der Waals surface area contributed by atoms with E-state index in [9.17, 15) is 17.6 Å². The number of hydrogen-bond acceptors (Lipinski definition) is 6. The van der Waals surface area contributed by atoms with Crippen molar-refractivity contribution in [2.45, 2.75) is 44.7 Å².